The molecule has 0 saturated carbocycles. The first kappa shape index (κ1) is 7.21. The Bertz CT molecular complexity index is 212. The van der Waals surface area contributed by atoms with E-state index in [1.165, 1.54) is 12.3 Å². The van der Waals surface area contributed by atoms with Crippen LogP contribution in [0.4, 0.5) is 0 Å². The SMILES string of the molecule is O=[N+]([O-])C1C=NC(Cl)=CC1. The Morgan fingerprint density at radius 3 is 3.00 bits per heavy atom. The molecule has 1 heterocycles. The lowest BCUT2D eigenvalue weighted by molar-refractivity contribution is -0.500. The molecular formula is C5H5ClN2O2. The van der Waals surface area contributed by atoms with Crippen molar-refractivity contribution in [3.8, 4) is 0 Å². The second-order valence-electron chi connectivity index (χ2n) is 1.89. The zero-order chi connectivity index (χ0) is 7.56. The van der Waals surface area contributed by atoms with E-state index < -0.39 is 6.04 Å². The molecule has 1 aliphatic heterocycles. The fourth-order valence-corrected chi connectivity index (χ4v) is 0.775. The molecule has 4 nitrogen and oxygen atoms in total. The van der Waals surface area contributed by atoms with Crippen molar-refractivity contribution in [2.75, 3.05) is 0 Å². The second-order valence-corrected chi connectivity index (χ2v) is 2.28. The normalized spacial score (nSPS) is 24.1. The lowest BCUT2D eigenvalue weighted by Gasteiger charge is -2.03. The van der Waals surface area contributed by atoms with Crippen LogP contribution in [0, 0.1) is 10.1 Å². The van der Waals surface area contributed by atoms with Gasteiger partial charge >= 0.3 is 0 Å². The smallest absolute Gasteiger partial charge is 0.251 e. The van der Waals surface area contributed by atoms with E-state index in [1.54, 1.807) is 0 Å². The van der Waals surface area contributed by atoms with E-state index in [9.17, 15) is 10.1 Å². The van der Waals surface area contributed by atoms with Crippen molar-refractivity contribution in [1.82, 2.24) is 0 Å². The van der Waals surface area contributed by atoms with Crippen LogP contribution in [0.3, 0.4) is 0 Å². The third-order valence-corrected chi connectivity index (χ3v) is 1.42. The molecule has 1 aliphatic rings. The summed E-state index contributed by atoms with van der Waals surface area (Å²) in [6, 6.07) is -0.692. The van der Waals surface area contributed by atoms with Crippen LogP contribution in [-0.2, 0) is 0 Å². The molecule has 0 aliphatic carbocycles. The van der Waals surface area contributed by atoms with Gasteiger partial charge < -0.3 is 0 Å². The summed E-state index contributed by atoms with van der Waals surface area (Å²) in [4.78, 5) is 13.3. The van der Waals surface area contributed by atoms with Crippen molar-refractivity contribution < 1.29 is 4.92 Å². The molecular weight excluding hydrogens is 156 g/mol. The fourth-order valence-electron chi connectivity index (χ4n) is 0.629. The Morgan fingerprint density at radius 1 is 1.90 bits per heavy atom. The van der Waals surface area contributed by atoms with Gasteiger partial charge in [0.2, 0.25) is 0 Å². The molecule has 0 fully saturated rings. The number of hydrogen-bond donors (Lipinski definition) is 0. The van der Waals surface area contributed by atoms with Crippen molar-refractivity contribution in [2.45, 2.75) is 12.5 Å². The number of halogens is 1. The monoisotopic (exact) mass is 160 g/mol. The second kappa shape index (κ2) is 2.79. The summed E-state index contributed by atoms with van der Waals surface area (Å²) < 4.78 is 0. The van der Waals surface area contributed by atoms with Gasteiger partial charge in [-0.1, -0.05) is 11.6 Å². The molecule has 10 heavy (non-hydrogen) atoms. The predicted octanol–water partition coefficient (Wildman–Crippen LogP) is 1.19. The van der Waals surface area contributed by atoms with Gasteiger partial charge in [-0.25, -0.2) is 4.99 Å². The number of nitrogens with zero attached hydrogens (tertiary/aromatic N) is 2. The topological polar surface area (TPSA) is 55.5 Å². The van der Waals surface area contributed by atoms with Crippen molar-refractivity contribution in [2.24, 2.45) is 4.99 Å². The molecule has 5 heteroatoms. The van der Waals surface area contributed by atoms with E-state index in [0.717, 1.165) is 0 Å². The van der Waals surface area contributed by atoms with Crippen molar-refractivity contribution >= 4 is 17.8 Å². The van der Waals surface area contributed by atoms with Crippen LogP contribution in [0.25, 0.3) is 0 Å². The minimum Gasteiger partial charge on any atom is -0.264 e. The summed E-state index contributed by atoms with van der Waals surface area (Å²) in [6.45, 7) is 0. The van der Waals surface area contributed by atoms with Gasteiger partial charge in [-0.15, -0.1) is 0 Å². The predicted molar refractivity (Wildman–Crippen MR) is 37.8 cm³/mol. The van der Waals surface area contributed by atoms with Crippen LogP contribution in [0.1, 0.15) is 6.42 Å². The first-order valence-corrected chi connectivity index (χ1v) is 3.11. The molecule has 0 spiro atoms. The Labute approximate surface area is 62.4 Å². The Kier molecular flexibility index (Phi) is 2.01. The average Bonchev–Trinajstić information content (AvgIpc) is 1.88. The molecule has 1 atom stereocenters. The molecule has 0 N–H and O–H groups in total. The number of nitro groups is 1. The van der Waals surface area contributed by atoms with Gasteiger partial charge in [0.05, 0.1) is 6.21 Å². The Morgan fingerprint density at radius 2 is 2.60 bits per heavy atom. The van der Waals surface area contributed by atoms with Gasteiger partial charge in [-0.2, -0.15) is 0 Å². The molecule has 1 rings (SSSR count). The van der Waals surface area contributed by atoms with Gasteiger partial charge in [0.15, 0.2) is 0 Å². The van der Waals surface area contributed by atoms with E-state index in [2.05, 4.69) is 4.99 Å². The van der Waals surface area contributed by atoms with Crippen LogP contribution < -0.4 is 0 Å². The number of hydrogen-bond acceptors (Lipinski definition) is 3. The zero-order valence-corrected chi connectivity index (χ0v) is 5.78. The van der Waals surface area contributed by atoms with Gasteiger partial charge in [-0.05, 0) is 6.08 Å². The highest BCUT2D eigenvalue weighted by molar-refractivity contribution is 6.29. The summed E-state index contributed by atoms with van der Waals surface area (Å²) in [5.74, 6) is 0. The maximum absolute atomic E-state index is 10.1. The van der Waals surface area contributed by atoms with Gasteiger partial charge in [0.25, 0.3) is 6.04 Å². The summed E-state index contributed by atoms with van der Waals surface area (Å²) in [5.41, 5.74) is 0. The minimum absolute atomic E-state index is 0.332. The lowest BCUT2D eigenvalue weighted by atomic mass is 10.2. The molecule has 0 bridgehead atoms. The fraction of sp³-hybridized carbons (Fsp3) is 0.400. The summed E-state index contributed by atoms with van der Waals surface area (Å²) in [5, 5.41) is 10.4. The summed E-state index contributed by atoms with van der Waals surface area (Å²) >= 11 is 5.43. The molecule has 0 radical (unpaired) electrons. The van der Waals surface area contributed by atoms with Crippen molar-refractivity contribution in [3.63, 3.8) is 0 Å². The van der Waals surface area contributed by atoms with E-state index in [-0.39, 0.29) is 4.92 Å². The maximum Gasteiger partial charge on any atom is 0.251 e. The highest BCUT2D eigenvalue weighted by atomic mass is 35.5. The molecule has 1 unspecified atom stereocenters. The molecule has 0 amide bonds. The largest absolute Gasteiger partial charge is 0.264 e. The zero-order valence-electron chi connectivity index (χ0n) is 5.03. The first-order chi connectivity index (χ1) is 4.70. The van der Waals surface area contributed by atoms with E-state index >= 15 is 0 Å². The van der Waals surface area contributed by atoms with E-state index in [0.29, 0.717) is 11.6 Å². The first-order valence-electron chi connectivity index (χ1n) is 2.73. The van der Waals surface area contributed by atoms with Crippen LogP contribution >= 0.6 is 11.6 Å². The van der Waals surface area contributed by atoms with Crippen LogP contribution in [-0.4, -0.2) is 17.2 Å². The highest BCUT2D eigenvalue weighted by Gasteiger charge is 2.18. The summed E-state index contributed by atoms with van der Waals surface area (Å²) in [6.07, 6.45) is 3.13. The Balaban J connectivity index is 2.60. The minimum atomic E-state index is -0.692. The Hall–Kier alpha value is -0.900. The van der Waals surface area contributed by atoms with Gasteiger partial charge in [0.1, 0.15) is 5.16 Å². The molecule has 0 aromatic heterocycles. The summed E-state index contributed by atoms with van der Waals surface area (Å²) in [7, 11) is 0. The maximum atomic E-state index is 10.1. The highest BCUT2D eigenvalue weighted by Crippen LogP contribution is 2.11. The van der Waals surface area contributed by atoms with Gasteiger partial charge in [0, 0.05) is 11.3 Å². The van der Waals surface area contributed by atoms with Crippen LogP contribution in [0.5, 0.6) is 0 Å². The molecule has 0 aromatic rings. The molecule has 54 valence electrons. The third kappa shape index (κ3) is 1.54. The number of rotatable bonds is 1. The van der Waals surface area contributed by atoms with Crippen LogP contribution in [0.15, 0.2) is 16.2 Å². The van der Waals surface area contributed by atoms with Crippen LogP contribution in [0.2, 0.25) is 0 Å². The van der Waals surface area contributed by atoms with E-state index in [1.807, 2.05) is 0 Å². The standard InChI is InChI=1S/C5H5ClN2O2/c6-5-2-1-4(3-7-5)8(9)10/h2-4H,1H2. The molecule has 0 saturated heterocycles. The lowest BCUT2D eigenvalue weighted by Crippen LogP contribution is -2.21. The molecule has 0 aromatic carbocycles. The van der Waals surface area contributed by atoms with E-state index in [4.69, 9.17) is 11.6 Å². The number of aliphatic imine (C=N–C) groups is 1. The van der Waals surface area contributed by atoms with Crippen molar-refractivity contribution in [3.05, 3.63) is 21.3 Å². The quantitative estimate of drug-likeness (QED) is 0.329. The third-order valence-electron chi connectivity index (χ3n) is 1.17. The van der Waals surface area contributed by atoms with Crippen molar-refractivity contribution in [1.29, 1.82) is 0 Å². The average molecular weight is 161 g/mol. The van der Waals surface area contributed by atoms with Gasteiger partial charge in [-0.3, -0.25) is 10.1 Å².